The van der Waals surface area contributed by atoms with Crippen LogP contribution in [-0.4, -0.2) is 53.9 Å². The van der Waals surface area contributed by atoms with Crippen LogP contribution in [0.3, 0.4) is 0 Å². The Hall–Kier alpha value is -3.62. The Labute approximate surface area is 624 Å². The fraction of sp³-hybridized carbons (Fsp3) is 0.806. The maximum Gasteiger partial charge on any atom is 0.185 e. The van der Waals surface area contributed by atoms with Crippen molar-refractivity contribution in [3.05, 3.63) is 66.8 Å². The normalized spacial score (nSPS) is 17.1. The molecule has 8 heteroatoms. The predicted octanol–water partition coefficient (Wildman–Crippen LogP) is 27.1. The summed E-state index contributed by atoms with van der Waals surface area (Å²) in [5, 5.41) is 53.4. The number of allylic oxidation sites excluding steroid dienone is 4. The van der Waals surface area contributed by atoms with E-state index in [-0.39, 0.29) is 34.1 Å². The van der Waals surface area contributed by atoms with Crippen LogP contribution < -0.4 is 4.74 Å². The first-order chi connectivity index (χ1) is 46.1. The van der Waals surface area contributed by atoms with Crippen LogP contribution in [0.4, 0.5) is 0 Å². The molecule has 0 unspecified atom stereocenters. The molecular weight excluding hydrogens is 1250 g/mol. The van der Waals surface area contributed by atoms with Crippen LogP contribution in [0.5, 0.6) is 23.0 Å². The zero-order chi connectivity index (χ0) is 77.7. The van der Waals surface area contributed by atoms with Crippen molar-refractivity contribution in [1.82, 2.24) is 0 Å². The van der Waals surface area contributed by atoms with Gasteiger partial charge in [-0.05, 0) is 308 Å². The third-order valence-electron chi connectivity index (χ3n) is 24.8. The molecule has 101 heavy (non-hydrogen) atoms. The van der Waals surface area contributed by atoms with Crippen LogP contribution in [0.1, 0.15) is 410 Å². The van der Waals surface area contributed by atoms with Crippen molar-refractivity contribution in [2.45, 2.75) is 436 Å². The summed E-state index contributed by atoms with van der Waals surface area (Å²) in [5.41, 5.74) is 10.1. The van der Waals surface area contributed by atoms with Crippen molar-refractivity contribution < 1.29 is 39.9 Å². The molecule has 2 aromatic rings. The maximum absolute atomic E-state index is 12.7. The molecule has 2 aromatic carbocycles. The standard InChI is InChI=1S/C31H56O3.C31H54O3.C31H54O2/c2*1-22(2)14-11-16-29(6,7)17-12-18-30(8,9)19-13-20-31(10,34)21-15-26-25(5)27(32)23(3)24(4)28(26)33;1-22(2)14-11-16-29(6,7)17-12-18-30(8,9)19-13-20-31(10)21-15-26-25(5)27(32)23(3)24(4)28(26)33-31/h22,32-34H,11-21H2,1-10H3;22,34H,11-21H2,1-10H3;22,32H,11-21H2,1-10H3/t3*31-/m000/s1. The molecule has 4 rings (SSSR count). The van der Waals surface area contributed by atoms with Gasteiger partial charge < -0.3 is 30.3 Å². The number of rotatable bonds is 42. The number of ketones is 2. The number of aliphatic hydroxyl groups is 2. The molecule has 584 valence electrons. The van der Waals surface area contributed by atoms with E-state index in [1.165, 1.54) is 134 Å². The second kappa shape index (κ2) is 40.4. The van der Waals surface area contributed by atoms with Crippen molar-refractivity contribution in [2.75, 3.05) is 0 Å². The molecule has 5 N–H and O–H groups in total. The van der Waals surface area contributed by atoms with E-state index in [0.717, 1.165) is 120 Å². The molecule has 0 radical (unpaired) electrons. The van der Waals surface area contributed by atoms with Crippen LogP contribution >= 0.6 is 0 Å². The summed E-state index contributed by atoms with van der Waals surface area (Å²) >= 11 is 0. The lowest BCUT2D eigenvalue weighted by Gasteiger charge is -2.39. The van der Waals surface area contributed by atoms with Gasteiger partial charge in [-0.3, -0.25) is 9.59 Å². The van der Waals surface area contributed by atoms with Gasteiger partial charge in [-0.25, -0.2) is 0 Å². The van der Waals surface area contributed by atoms with Gasteiger partial charge in [-0.15, -0.1) is 0 Å². The highest BCUT2D eigenvalue weighted by Gasteiger charge is 2.36. The van der Waals surface area contributed by atoms with Crippen LogP contribution in [0.2, 0.25) is 0 Å². The lowest BCUT2D eigenvalue weighted by molar-refractivity contribution is -0.116. The average Bonchev–Trinajstić information content (AvgIpc) is 0.776. The van der Waals surface area contributed by atoms with Crippen LogP contribution in [0, 0.1) is 91.8 Å². The number of ether oxygens (including phenoxy) is 1. The number of phenols is 3. The first-order valence-corrected chi connectivity index (χ1v) is 41.0. The summed E-state index contributed by atoms with van der Waals surface area (Å²) in [6.45, 7) is 65.8. The molecule has 0 spiro atoms. The fourth-order valence-corrected chi connectivity index (χ4v) is 16.1. The number of carbonyl (C=O) groups is 2. The largest absolute Gasteiger partial charge is 0.507 e. The van der Waals surface area contributed by atoms with Gasteiger partial charge in [0.25, 0.3) is 0 Å². The number of Topliss-reactive ketones (excluding diaryl/α,β-unsaturated/α-hetero) is 2. The van der Waals surface area contributed by atoms with Gasteiger partial charge in [0.2, 0.25) is 0 Å². The van der Waals surface area contributed by atoms with Gasteiger partial charge in [0.15, 0.2) is 11.6 Å². The van der Waals surface area contributed by atoms with E-state index in [1.807, 2.05) is 48.5 Å². The van der Waals surface area contributed by atoms with Crippen LogP contribution in [-0.2, 0) is 22.4 Å². The van der Waals surface area contributed by atoms with Crippen molar-refractivity contribution >= 4 is 11.6 Å². The number of phenolic OH excluding ortho intramolecular Hbond substituents is 3. The Morgan fingerprint density at radius 2 is 0.673 bits per heavy atom. The van der Waals surface area contributed by atoms with E-state index in [2.05, 4.69) is 138 Å². The topological polar surface area (TPSA) is 145 Å². The van der Waals surface area contributed by atoms with Gasteiger partial charge in [0.1, 0.15) is 28.6 Å². The molecule has 1 aliphatic heterocycles. The van der Waals surface area contributed by atoms with E-state index in [9.17, 15) is 35.1 Å². The first-order valence-electron chi connectivity index (χ1n) is 41.0. The summed E-state index contributed by atoms with van der Waals surface area (Å²) in [6, 6.07) is 0. The molecule has 0 fully saturated rings. The van der Waals surface area contributed by atoms with E-state index in [0.29, 0.717) is 80.8 Å². The molecule has 3 atom stereocenters. The molecule has 1 aliphatic carbocycles. The average molecular weight is 1410 g/mol. The second-order valence-corrected chi connectivity index (χ2v) is 40.1. The Kier molecular flexibility index (Phi) is 37.4. The molecule has 2 aliphatic rings. The Balaban J connectivity index is 0.000000515. The molecule has 0 amide bonds. The Bertz CT molecular complexity index is 2930. The van der Waals surface area contributed by atoms with Crippen molar-refractivity contribution in [3.8, 4) is 23.0 Å². The number of fused-ring (bicyclic) bond motifs is 1. The fourth-order valence-electron chi connectivity index (χ4n) is 16.1. The highest BCUT2D eigenvalue weighted by atomic mass is 16.5. The minimum Gasteiger partial charge on any atom is -0.507 e. The molecule has 0 saturated heterocycles. The van der Waals surface area contributed by atoms with Crippen LogP contribution in [0.25, 0.3) is 0 Å². The lowest BCUT2D eigenvalue weighted by atomic mass is 9.76. The highest BCUT2D eigenvalue weighted by Crippen LogP contribution is 2.47. The second-order valence-electron chi connectivity index (χ2n) is 40.1. The zero-order valence-corrected chi connectivity index (χ0v) is 72.0. The first kappa shape index (κ1) is 93.5. The lowest BCUT2D eigenvalue weighted by Crippen LogP contribution is -2.37. The van der Waals surface area contributed by atoms with E-state index in [4.69, 9.17) is 4.74 Å². The zero-order valence-electron chi connectivity index (χ0n) is 72.0. The van der Waals surface area contributed by atoms with Crippen molar-refractivity contribution in [1.29, 1.82) is 0 Å². The molecule has 1 heterocycles. The molecule has 0 aromatic heterocycles. The van der Waals surface area contributed by atoms with Gasteiger partial charge >= 0.3 is 0 Å². The van der Waals surface area contributed by atoms with Crippen molar-refractivity contribution in [2.24, 2.45) is 50.2 Å². The van der Waals surface area contributed by atoms with E-state index >= 15 is 0 Å². The minimum absolute atomic E-state index is 0.0290. The molecule has 8 nitrogen and oxygen atoms in total. The quantitative estimate of drug-likeness (QED) is 0.0327. The van der Waals surface area contributed by atoms with Gasteiger partial charge in [-0.2, -0.15) is 0 Å². The summed E-state index contributed by atoms with van der Waals surface area (Å²) in [4.78, 5) is 25.1. The Morgan fingerprint density at radius 3 is 1.05 bits per heavy atom. The van der Waals surface area contributed by atoms with E-state index < -0.39 is 11.2 Å². The number of hydrogen-bond donors (Lipinski definition) is 5. The predicted molar refractivity (Wildman–Crippen MR) is 435 cm³/mol. The summed E-state index contributed by atoms with van der Waals surface area (Å²) in [7, 11) is 0. The van der Waals surface area contributed by atoms with E-state index in [1.54, 1.807) is 20.8 Å². The monoisotopic (exact) mass is 1410 g/mol. The molecule has 0 saturated carbocycles. The number of carbonyl (C=O) groups excluding carboxylic acids is 2. The minimum atomic E-state index is -0.824. The summed E-state index contributed by atoms with van der Waals surface area (Å²) < 4.78 is 6.65. The maximum atomic E-state index is 12.7. The highest BCUT2D eigenvalue weighted by molar-refractivity contribution is 6.24. The van der Waals surface area contributed by atoms with Gasteiger partial charge in [-0.1, -0.05) is 195 Å². The number of hydrogen-bond acceptors (Lipinski definition) is 8. The summed E-state index contributed by atoms with van der Waals surface area (Å²) in [5.74, 6) is 4.37. The van der Waals surface area contributed by atoms with Crippen molar-refractivity contribution in [3.63, 3.8) is 0 Å². The number of benzene rings is 2. The SMILES string of the molecule is CC1=C(C)C(=O)C(CC[C@@](C)(O)CCCC(C)(C)CCCC(C)(C)CCCC(C)C)=C(C)C1=O.Cc1c(C)c(O)c(CC[C@@](C)(O)CCCC(C)(C)CCCC(C)(C)CCCC(C)C)c(C)c1O.Cc1c(C)c2c(c(C)c1O)CC[C@](C)(CCCC(C)(C)CCCC(C)(C)CCCC(C)C)O2. The van der Waals surface area contributed by atoms with Crippen LogP contribution in [0.15, 0.2) is 22.3 Å². The third-order valence-corrected chi connectivity index (χ3v) is 24.8. The number of aromatic hydroxyl groups is 3. The smallest absolute Gasteiger partial charge is 0.185 e. The summed E-state index contributed by atoms with van der Waals surface area (Å²) in [6.07, 6.45) is 37.0. The Morgan fingerprint density at radius 1 is 0.366 bits per heavy atom. The molecule has 0 bridgehead atoms. The third kappa shape index (κ3) is 33.4. The van der Waals surface area contributed by atoms with Gasteiger partial charge in [0.05, 0.1) is 11.2 Å². The van der Waals surface area contributed by atoms with Gasteiger partial charge in [0, 0.05) is 33.4 Å². The molecular formula is C93H164O8.